The fourth-order valence-electron chi connectivity index (χ4n) is 2.56. The summed E-state index contributed by atoms with van der Waals surface area (Å²) in [6.45, 7) is 6.88. The summed E-state index contributed by atoms with van der Waals surface area (Å²) < 4.78 is 11.0. The van der Waals surface area contributed by atoms with Crippen LogP contribution in [0, 0.1) is 13.8 Å². The van der Waals surface area contributed by atoms with Crippen LogP contribution in [0.2, 0.25) is 0 Å². The molecule has 0 bridgehead atoms. The maximum atomic E-state index is 5.94. The Balaban J connectivity index is 0.00000392. The summed E-state index contributed by atoms with van der Waals surface area (Å²) in [5.74, 6) is 1.68. The number of hydrogen-bond acceptors (Lipinski definition) is 5. The van der Waals surface area contributed by atoms with Gasteiger partial charge in [-0.25, -0.2) is 4.98 Å². The lowest BCUT2D eigenvalue weighted by molar-refractivity contribution is 0.172. The van der Waals surface area contributed by atoms with Crippen LogP contribution in [0.1, 0.15) is 28.2 Å². The van der Waals surface area contributed by atoms with Gasteiger partial charge in [0, 0.05) is 57.6 Å². The van der Waals surface area contributed by atoms with E-state index in [4.69, 9.17) is 9.47 Å². The molecule has 0 atom stereocenters. The first-order valence-electron chi connectivity index (χ1n) is 9.19. The Kier molecular flexibility index (Phi) is 12.1. The molecule has 2 aromatic rings. The van der Waals surface area contributed by atoms with Gasteiger partial charge in [-0.3, -0.25) is 4.99 Å². The number of aromatic nitrogens is 1. The third-order valence-corrected chi connectivity index (χ3v) is 4.81. The molecule has 8 heteroatoms. The van der Waals surface area contributed by atoms with Gasteiger partial charge in [-0.2, -0.15) is 0 Å². The lowest BCUT2D eigenvalue weighted by Crippen LogP contribution is -2.38. The van der Waals surface area contributed by atoms with Gasteiger partial charge in [0.05, 0.1) is 17.3 Å². The summed E-state index contributed by atoms with van der Waals surface area (Å²) in [6, 6.07) is 6.27. The number of ether oxygens (including phenoxy) is 2. The number of methoxy groups -OCH3 is 1. The van der Waals surface area contributed by atoms with Crippen molar-refractivity contribution in [2.24, 2.45) is 4.99 Å². The standard InChI is InChI=1S/C20H30N4O2S.HI/c1-15-6-7-17(19(12-15)26-11-5-10-25-4)13-23-20(21-3)22-9-8-18-14-27-16(2)24-18;/h6-7,12,14H,5,8-11,13H2,1-4H3,(H2,21,22,23);1H. The lowest BCUT2D eigenvalue weighted by atomic mass is 10.1. The van der Waals surface area contributed by atoms with Crippen molar-refractivity contribution in [1.29, 1.82) is 0 Å². The molecule has 28 heavy (non-hydrogen) atoms. The number of nitrogens with zero attached hydrogens (tertiary/aromatic N) is 2. The van der Waals surface area contributed by atoms with Crippen LogP contribution >= 0.6 is 35.3 Å². The maximum Gasteiger partial charge on any atom is 0.191 e. The Morgan fingerprint density at radius 1 is 1.21 bits per heavy atom. The monoisotopic (exact) mass is 518 g/mol. The molecule has 0 unspecified atom stereocenters. The number of hydrogen-bond donors (Lipinski definition) is 2. The van der Waals surface area contributed by atoms with Gasteiger partial charge in [-0.15, -0.1) is 35.3 Å². The largest absolute Gasteiger partial charge is 0.493 e. The van der Waals surface area contributed by atoms with Gasteiger partial charge in [0.15, 0.2) is 5.96 Å². The van der Waals surface area contributed by atoms with Crippen molar-refractivity contribution in [3.8, 4) is 5.75 Å². The van der Waals surface area contributed by atoms with Gasteiger partial charge < -0.3 is 20.1 Å². The van der Waals surface area contributed by atoms with Gasteiger partial charge in [0.1, 0.15) is 5.75 Å². The van der Waals surface area contributed by atoms with Crippen LogP contribution in [0.5, 0.6) is 5.75 Å². The molecule has 6 nitrogen and oxygen atoms in total. The highest BCUT2D eigenvalue weighted by Gasteiger charge is 2.06. The van der Waals surface area contributed by atoms with E-state index in [1.807, 2.05) is 6.92 Å². The Morgan fingerprint density at radius 3 is 2.71 bits per heavy atom. The highest BCUT2D eigenvalue weighted by atomic mass is 127. The molecule has 0 saturated carbocycles. The molecule has 0 spiro atoms. The number of halogens is 1. The molecule has 0 aliphatic carbocycles. The molecule has 0 aliphatic rings. The van der Waals surface area contributed by atoms with Crippen molar-refractivity contribution in [2.45, 2.75) is 33.2 Å². The predicted octanol–water partition coefficient (Wildman–Crippen LogP) is 3.70. The summed E-state index contributed by atoms with van der Waals surface area (Å²) >= 11 is 1.68. The van der Waals surface area contributed by atoms with E-state index >= 15 is 0 Å². The summed E-state index contributed by atoms with van der Waals surface area (Å²) in [6.07, 6.45) is 1.75. The summed E-state index contributed by atoms with van der Waals surface area (Å²) in [7, 11) is 3.48. The quantitative estimate of drug-likeness (QED) is 0.217. The third kappa shape index (κ3) is 8.74. The molecule has 1 aromatic heterocycles. The van der Waals surface area contributed by atoms with E-state index < -0.39 is 0 Å². The second-order valence-corrected chi connectivity index (χ2v) is 7.33. The zero-order valence-corrected chi connectivity index (χ0v) is 20.2. The molecule has 0 saturated heterocycles. The number of thiazole rings is 1. The van der Waals surface area contributed by atoms with E-state index in [-0.39, 0.29) is 24.0 Å². The van der Waals surface area contributed by atoms with Gasteiger partial charge in [0.2, 0.25) is 0 Å². The van der Waals surface area contributed by atoms with Gasteiger partial charge in [-0.1, -0.05) is 12.1 Å². The molecule has 1 heterocycles. The minimum Gasteiger partial charge on any atom is -0.493 e. The first kappa shape index (κ1) is 24.6. The van der Waals surface area contributed by atoms with Crippen LogP contribution in [-0.2, 0) is 17.7 Å². The minimum atomic E-state index is 0. The molecule has 0 amide bonds. The average Bonchev–Trinajstić information content (AvgIpc) is 3.08. The molecule has 0 radical (unpaired) electrons. The van der Waals surface area contributed by atoms with Gasteiger partial charge in [-0.05, 0) is 25.5 Å². The number of aliphatic imine (C=N–C) groups is 1. The van der Waals surface area contributed by atoms with Crippen LogP contribution < -0.4 is 15.4 Å². The van der Waals surface area contributed by atoms with E-state index in [0.717, 1.165) is 47.4 Å². The fraction of sp³-hybridized carbons (Fsp3) is 0.500. The average molecular weight is 518 g/mol. The van der Waals surface area contributed by atoms with Crippen LogP contribution in [0.4, 0.5) is 0 Å². The number of guanidine groups is 1. The zero-order chi connectivity index (χ0) is 19.5. The fourth-order valence-corrected chi connectivity index (χ4v) is 3.21. The minimum absolute atomic E-state index is 0. The highest BCUT2D eigenvalue weighted by Crippen LogP contribution is 2.20. The van der Waals surface area contributed by atoms with Crippen molar-refractivity contribution < 1.29 is 9.47 Å². The lowest BCUT2D eigenvalue weighted by Gasteiger charge is -2.15. The summed E-state index contributed by atoms with van der Waals surface area (Å²) in [4.78, 5) is 8.77. The first-order chi connectivity index (χ1) is 13.1. The van der Waals surface area contributed by atoms with E-state index in [1.165, 1.54) is 5.56 Å². The topological polar surface area (TPSA) is 67.8 Å². The molecular weight excluding hydrogens is 487 g/mol. The molecule has 2 rings (SSSR count). The predicted molar refractivity (Wildman–Crippen MR) is 127 cm³/mol. The van der Waals surface area contributed by atoms with Gasteiger partial charge in [0.25, 0.3) is 0 Å². The Morgan fingerprint density at radius 2 is 2.04 bits per heavy atom. The zero-order valence-electron chi connectivity index (χ0n) is 17.1. The van der Waals surface area contributed by atoms with Gasteiger partial charge >= 0.3 is 0 Å². The van der Waals surface area contributed by atoms with E-state index in [0.29, 0.717) is 19.8 Å². The van der Waals surface area contributed by atoms with E-state index in [1.54, 1.807) is 25.5 Å². The molecule has 0 fully saturated rings. The maximum absolute atomic E-state index is 5.94. The number of aryl methyl sites for hydroxylation is 2. The Labute approximate surface area is 189 Å². The Hall–Kier alpha value is -1.39. The van der Waals surface area contributed by atoms with Crippen LogP contribution in [0.15, 0.2) is 28.6 Å². The summed E-state index contributed by atoms with van der Waals surface area (Å²) in [5.41, 5.74) is 3.41. The van der Waals surface area contributed by atoms with Crippen molar-refractivity contribution >= 4 is 41.3 Å². The molecule has 156 valence electrons. The normalized spacial score (nSPS) is 11.1. The Bertz CT molecular complexity index is 737. The second-order valence-electron chi connectivity index (χ2n) is 6.27. The van der Waals surface area contributed by atoms with Crippen LogP contribution in [0.25, 0.3) is 0 Å². The van der Waals surface area contributed by atoms with Crippen molar-refractivity contribution in [2.75, 3.05) is 33.9 Å². The second kappa shape index (κ2) is 13.7. The smallest absolute Gasteiger partial charge is 0.191 e. The van der Waals surface area contributed by atoms with Crippen LogP contribution in [-0.4, -0.2) is 44.9 Å². The van der Waals surface area contributed by atoms with E-state index in [9.17, 15) is 0 Å². The number of nitrogens with one attached hydrogen (secondary N) is 2. The number of benzene rings is 1. The number of rotatable bonds is 10. The van der Waals surface area contributed by atoms with Crippen molar-refractivity contribution in [3.05, 3.63) is 45.4 Å². The SMILES string of the molecule is CN=C(NCCc1csc(C)n1)NCc1ccc(C)cc1OCCCOC.I. The molecule has 2 N–H and O–H groups in total. The summed E-state index contributed by atoms with van der Waals surface area (Å²) in [5, 5.41) is 9.90. The van der Waals surface area contributed by atoms with Crippen molar-refractivity contribution in [3.63, 3.8) is 0 Å². The first-order valence-corrected chi connectivity index (χ1v) is 10.1. The molecule has 1 aromatic carbocycles. The highest BCUT2D eigenvalue weighted by molar-refractivity contribution is 14.0. The molecule has 0 aliphatic heterocycles. The van der Waals surface area contributed by atoms with E-state index in [2.05, 4.69) is 51.1 Å². The third-order valence-electron chi connectivity index (χ3n) is 3.98. The van der Waals surface area contributed by atoms with Crippen molar-refractivity contribution in [1.82, 2.24) is 15.6 Å². The molecular formula is C20H31IN4O2S. The van der Waals surface area contributed by atoms with Crippen LogP contribution in [0.3, 0.4) is 0 Å².